The van der Waals surface area contributed by atoms with Gasteiger partial charge in [-0.2, -0.15) is 5.26 Å². The van der Waals surface area contributed by atoms with Crippen molar-refractivity contribution < 1.29 is 24.5 Å². The average molecular weight is 837 g/mol. The molecule has 7 nitrogen and oxygen atoms in total. The standard InChI is InChI=1S/C23H24N3O.C19H16N3.Ir/c1-14(2)18-7-6-8-19(15(3)4)22(18)26-12-11-24-23(26)17-9-10-21-20(13-17)25-16(5)27-21;1-13-9-14(2)18(15(3)10-13)22-8-7-21-19(22)17-6-4-5-16(11-17)12-20;/h6-8,10-15H,1-5H3;4-5,7-11H,1-3H3;/q2*-1;. The molecule has 7 aromatic rings. The molecule has 8 heteroatoms. The van der Waals surface area contributed by atoms with Gasteiger partial charge in [-0.3, -0.25) is 9.97 Å². The second kappa shape index (κ2) is 15.2. The zero-order valence-electron chi connectivity index (χ0n) is 29.7. The van der Waals surface area contributed by atoms with Gasteiger partial charge in [0.25, 0.3) is 0 Å². The van der Waals surface area contributed by atoms with Crippen LogP contribution in [0.15, 0.2) is 89.9 Å². The summed E-state index contributed by atoms with van der Waals surface area (Å²) < 4.78 is 9.84. The molecule has 7 rings (SSSR count). The molecule has 0 spiro atoms. The van der Waals surface area contributed by atoms with Crippen molar-refractivity contribution in [1.29, 1.82) is 5.26 Å². The molecule has 0 saturated heterocycles. The quantitative estimate of drug-likeness (QED) is 0.156. The molecule has 3 aromatic heterocycles. The number of para-hydroxylation sites is 1. The van der Waals surface area contributed by atoms with Gasteiger partial charge in [-0.1, -0.05) is 63.6 Å². The van der Waals surface area contributed by atoms with Crippen LogP contribution in [0.4, 0.5) is 0 Å². The summed E-state index contributed by atoms with van der Waals surface area (Å²) in [6.45, 7) is 17.1. The second-order valence-corrected chi connectivity index (χ2v) is 13.0. The van der Waals surface area contributed by atoms with Gasteiger partial charge in [0.15, 0.2) is 5.89 Å². The molecule has 3 heterocycles. The summed E-state index contributed by atoms with van der Waals surface area (Å²) in [6.07, 6.45) is 7.62. The van der Waals surface area contributed by atoms with Crippen LogP contribution in [0, 0.1) is 51.2 Å². The van der Waals surface area contributed by atoms with Gasteiger partial charge in [0.05, 0.1) is 23.3 Å². The van der Waals surface area contributed by atoms with E-state index in [2.05, 4.69) is 121 Å². The maximum Gasteiger partial charge on any atom is 0.180 e. The molecule has 0 N–H and O–H groups in total. The van der Waals surface area contributed by atoms with Crippen molar-refractivity contribution in [3.05, 3.63) is 137 Å². The van der Waals surface area contributed by atoms with Crippen molar-refractivity contribution in [2.75, 3.05) is 0 Å². The molecule has 0 amide bonds. The molecule has 255 valence electrons. The van der Waals surface area contributed by atoms with Crippen molar-refractivity contribution in [3.8, 4) is 40.2 Å². The van der Waals surface area contributed by atoms with Gasteiger partial charge in [-0.05, 0) is 60.4 Å². The van der Waals surface area contributed by atoms with E-state index in [1.165, 1.54) is 33.5 Å². The van der Waals surface area contributed by atoms with Gasteiger partial charge in [-0.25, -0.2) is 4.98 Å². The third-order valence-electron chi connectivity index (χ3n) is 8.58. The number of hydrogen-bond donors (Lipinski definition) is 0. The number of rotatable bonds is 6. The Morgan fingerprint density at radius 2 is 1.34 bits per heavy atom. The summed E-state index contributed by atoms with van der Waals surface area (Å²) in [7, 11) is 0. The minimum absolute atomic E-state index is 0. The van der Waals surface area contributed by atoms with Crippen molar-refractivity contribution in [2.24, 2.45) is 0 Å². The summed E-state index contributed by atoms with van der Waals surface area (Å²) >= 11 is 0. The van der Waals surface area contributed by atoms with Gasteiger partial charge in [0, 0.05) is 68.7 Å². The smallest absolute Gasteiger partial charge is 0.180 e. The third kappa shape index (κ3) is 7.26. The first-order valence-electron chi connectivity index (χ1n) is 16.5. The molecule has 0 atom stereocenters. The Morgan fingerprint density at radius 1 is 0.760 bits per heavy atom. The largest absolute Gasteiger partial charge is 0.488 e. The zero-order valence-corrected chi connectivity index (χ0v) is 32.1. The molecular weight excluding hydrogens is 797 g/mol. The van der Waals surface area contributed by atoms with Crippen molar-refractivity contribution in [3.63, 3.8) is 0 Å². The van der Waals surface area contributed by atoms with Crippen LogP contribution in [0.5, 0.6) is 0 Å². The number of imidazole rings is 2. The van der Waals surface area contributed by atoms with Crippen molar-refractivity contribution in [2.45, 2.75) is 67.2 Å². The summed E-state index contributed by atoms with van der Waals surface area (Å²) in [6, 6.07) is 28.7. The summed E-state index contributed by atoms with van der Waals surface area (Å²) in [5.74, 6) is 3.16. The second-order valence-electron chi connectivity index (χ2n) is 13.0. The minimum atomic E-state index is 0. The monoisotopic (exact) mass is 837 g/mol. The third-order valence-corrected chi connectivity index (χ3v) is 8.58. The van der Waals surface area contributed by atoms with Crippen molar-refractivity contribution >= 4 is 11.1 Å². The van der Waals surface area contributed by atoms with Crippen LogP contribution >= 0.6 is 0 Å². The van der Waals surface area contributed by atoms with Gasteiger partial charge >= 0.3 is 0 Å². The number of benzene rings is 4. The SMILES string of the molecule is Cc1cc(C)c(-n2ccnc2-c2[c-]ccc(C#N)c2)c(C)c1.Cc1nc2cc(-c3nccn3-c3c(C(C)C)cccc3C(C)C)[c-]cc2o1.[Ir]. The van der Waals surface area contributed by atoms with Crippen LogP contribution in [0.1, 0.15) is 78.8 Å². The number of aromatic nitrogens is 5. The molecule has 0 aliphatic carbocycles. The van der Waals surface area contributed by atoms with E-state index in [-0.39, 0.29) is 20.1 Å². The molecule has 0 bridgehead atoms. The Kier molecular flexibility index (Phi) is 11.0. The van der Waals surface area contributed by atoms with Crippen LogP contribution < -0.4 is 0 Å². The van der Waals surface area contributed by atoms with E-state index in [4.69, 9.17) is 9.68 Å². The Hall–Kier alpha value is -5.09. The Balaban J connectivity index is 0.000000195. The normalized spacial score (nSPS) is 11.0. The van der Waals surface area contributed by atoms with Crippen LogP contribution in [0.25, 0.3) is 45.3 Å². The fourth-order valence-electron chi connectivity index (χ4n) is 6.49. The number of oxazole rings is 1. The fraction of sp³-hybridized carbons (Fsp3) is 0.238. The van der Waals surface area contributed by atoms with E-state index in [1.54, 1.807) is 18.3 Å². The Morgan fingerprint density at radius 3 is 1.92 bits per heavy atom. The topological polar surface area (TPSA) is 85.5 Å². The van der Waals surface area contributed by atoms with E-state index in [0.29, 0.717) is 23.3 Å². The van der Waals surface area contributed by atoms with E-state index < -0.39 is 0 Å². The molecule has 0 unspecified atom stereocenters. The molecule has 0 aliphatic rings. The molecule has 0 fully saturated rings. The predicted octanol–water partition coefficient (Wildman–Crippen LogP) is 10.2. The number of fused-ring (bicyclic) bond motifs is 1. The fourth-order valence-corrected chi connectivity index (χ4v) is 6.49. The van der Waals surface area contributed by atoms with E-state index >= 15 is 0 Å². The van der Waals surface area contributed by atoms with Crippen molar-refractivity contribution in [1.82, 2.24) is 24.1 Å². The molecule has 0 saturated carbocycles. The van der Waals surface area contributed by atoms with E-state index in [0.717, 1.165) is 39.6 Å². The maximum absolute atomic E-state index is 9.07. The number of aryl methyl sites for hydroxylation is 4. The number of nitrogens with zero attached hydrogens (tertiary/aromatic N) is 6. The van der Waals surface area contributed by atoms with Gasteiger partial charge in [0.1, 0.15) is 0 Å². The Labute approximate surface area is 308 Å². The Bertz CT molecular complexity index is 2270. The van der Waals surface area contributed by atoms with Crippen LogP contribution in [-0.2, 0) is 20.1 Å². The molecule has 50 heavy (non-hydrogen) atoms. The van der Waals surface area contributed by atoms with Gasteiger partial charge in [-0.15, -0.1) is 53.6 Å². The van der Waals surface area contributed by atoms with Crippen LogP contribution in [-0.4, -0.2) is 24.1 Å². The summed E-state index contributed by atoms with van der Waals surface area (Å²) in [4.78, 5) is 13.6. The molecular formula is C42H40IrN6O-2. The summed E-state index contributed by atoms with van der Waals surface area (Å²) in [5, 5.41) is 9.07. The average Bonchev–Trinajstić information content (AvgIpc) is 3.83. The van der Waals surface area contributed by atoms with E-state index in [1.807, 2.05) is 43.7 Å². The van der Waals surface area contributed by atoms with Crippen LogP contribution in [0.2, 0.25) is 0 Å². The van der Waals surface area contributed by atoms with Gasteiger partial charge in [0.2, 0.25) is 0 Å². The zero-order chi connectivity index (χ0) is 34.8. The maximum atomic E-state index is 9.07. The van der Waals surface area contributed by atoms with Crippen LogP contribution in [0.3, 0.4) is 0 Å². The first kappa shape index (κ1) is 36.2. The first-order valence-corrected chi connectivity index (χ1v) is 16.5. The minimum Gasteiger partial charge on any atom is -0.488 e. The summed E-state index contributed by atoms with van der Waals surface area (Å²) in [5.41, 5.74) is 12.6. The molecule has 0 aliphatic heterocycles. The van der Waals surface area contributed by atoms with Gasteiger partial charge < -0.3 is 13.6 Å². The predicted molar refractivity (Wildman–Crippen MR) is 195 cm³/mol. The van der Waals surface area contributed by atoms with E-state index in [9.17, 15) is 0 Å². The molecule has 1 radical (unpaired) electrons. The molecule has 4 aromatic carbocycles. The number of hydrogen-bond acceptors (Lipinski definition) is 5. The number of nitriles is 1. The first-order chi connectivity index (χ1) is 23.5.